The van der Waals surface area contributed by atoms with E-state index in [9.17, 15) is 14.9 Å². The molecule has 0 unspecified atom stereocenters. The molecule has 1 aromatic heterocycles. The number of nitro groups is 1. The lowest BCUT2D eigenvalue weighted by atomic mass is 9.98. The van der Waals surface area contributed by atoms with Crippen LogP contribution >= 0.6 is 0 Å². The molecule has 0 saturated carbocycles. The summed E-state index contributed by atoms with van der Waals surface area (Å²) in [4.78, 5) is 30.9. The number of anilines is 2. The van der Waals surface area contributed by atoms with Gasteiger partial charge in [-0.05, 0) is 60.8 Å². The predicted octanol–water partition coefficient (Wildman–Crippen LogP) is 5.37. The van der Waals surface area contributed by atoms with Crippen LogP contribution < -0.4 is 10.6 Å². The second kappa shape index (κ2) is 10.5. The van der Waals surface area contributed by atoms with Gasteiger partial charge in [-0.1, -0.05) is 36.4 Å². The van der Waals surface area contributed by atoms with Gasteiger partial charge in [-0.3, -0.25) is 19.8 Å². The number of nitrogens with zero attached hydrogens (tertiary/aromatic N) is 4. The second-order valence-corrected chi connectivity index (χ2v) is 9.93. The maximum Gasteiger partial charge on any atom is 0.270 e. The first-order valence-corrected chi connectivity index (χ1v) is 13.0. The van der Waals surface area contributed by atoms with E-state index in [-0.39, 0.29) is 11.6 Å². The standard InChI is InChI=1S/C30H28N6O3/c37-30-28(26-17-25(36(38)39)11-12-27(26)33-30)29(23-7-3-21(4-8-23)19-35-16-13-31-20-35)32-24-9-5-22(6-10-24)18-34-14-1-2-15-34/h3-13,16-17,20,32H,1-2,14-15,18-19H2,(H,33,37). The highest BCUT2D eigenvalue weighted by molar-refractivity contribution is 6.37. The number of rotatable bonds is 8. The molecule has 196 valence electrons. The lowest BCUT2D eigenvalue weighted by molar-refractivity contribution is -0.384. The molecule has 1 saturated heterocycles. The van der Waals surface area contributed by atoms with Gasteiger partial charge in [0.2, 0.25) is 0 Å². The number of hydrogen-bond donors (Lipinski definition) is 2. The van der Waals surface area contributed by atoms with Crippen LogP contribution in [0.2, 0.25) is 0 Å². The lowest BCUT2D eigenvalue weighted by Crippen LogP contribution is -2.18. The van der Waals surface area contributed by atoms with E-state index >= 15 is 0 Å². The van der Waals surface area contributed by atoms with E-state index in [4.69, 9.17) is 0 Å². The summed E-state index contributed by atoms with van der Waals surface area (Å²) in [5, 5.41) is 17.8. The second-order valence-electron chi connectivity index (χ2n) is 9.93. The number of non-ortho nitro benzene ring substituents is 1. The molecule has 2 aliphatic rings. The molecule has 3 aromatic carbocycles. The largest absolute Gasteiger partial charge is 0.354 e. The highest BCUT2D eigenvalue weighted by atomic mass is 16.6. The maximum atomic E-state index is 13.2. The Hall–Kier alpha value is -4.76. The van der Waals surface area contributed by atoms with Crippen molar-refractivity contribution in [2.75, 3.05) is 23.7 Å². The van der Waals surface area contributed by atoms with Crippen molar-refractivity contribution in [3.05, 3.63) is 118 Å². The third-order valence-corrected chi connectivity index (χ3v) is 7.20. The number of aromatic nitrogens is 2. The molecule has 1 fully saturated rings. The van der Waals surface area contributed by atoms with Crippen LogP contribution in [-0.4, -0.2) is 38.4 Å². The highest BCUT2D eigenvalue weighted by Crippen LogP contribution is 2.39. The fourth-order valence-electron chi connectivity index (χ4n) is 5.20. The Balaban J connectivity index is 1.37. The SMILES string of the molecule is O=C1Nc2ccc([N+](=O)[O-])cc2C1=C(Nc1ccc(CN2CCCC2)cc1)c1ccc(Cn2ccnc2)cc1. The molecule has 0 aliphatic carbocycles. The molecule has 0 bridgehead atoms. The third-order valence-electron chi connectivity index (χ3n) is 7.20. The lowest BCUT2D eigenvalue weighted by Gasteiger charge is -2.17. The molecule has 9 nitrogen and oxygen atoms in total. The Morgan fingerprint density at radius 1 is 0.974 bits per heavy atom. The number of benzene rings is 3. The number of imidazole rings is 1. The Labute approximate surface area is 225 Å². The smallest absolute Gasteiger partial charge is 0.270 e. The van der Waals surface area contributed by atoms with Gasteiger partial charge in [-0.15, -0.1) is 0 Å². The Morgan fingerprint density at radius 2 is 1.69 bits per heavy atom. The normalized spacial score (nSPS) is 16.2. The minimum Gasteiger partial charge on any atom is -0.354 e. The van der Waals surface area contributed by atoms with Crippen molar-refractivity contribution < 1.29 is 9.72 Å². The van der Waals surface area contributed by atoms with E-state index in [1.807, 2.05) is 47.2 Å². The molecule has 3 heterocycles. The first-order chi connectivity index (χ1) is 19.0. The van der Waals surface area contributed by atoms with Crippen molar-refractivity contribution in [3.63, 3.8) is 0 Å². The molecule has 2 aliphatic heterocycles. The number of hydrogen-bond acceptors (Lipinski definition) is 6. The Bertz CT molecular complexity index is 1540. The topological polar surface area (TPSA) is 105 Å². The Morgan fingerprint density at radius 3 is 2.38 bits per heavy atom. The molecule has 9 heteroatoms. The molecule has 1 amide bonds. The quantitative estimate of drug-likeness (QED) is 0.184. The summed E-state index contributed by atoms with van der Waals surface area (Å²) in [6, 6.07) is 20.6. The maximum absolute atomic E-state index is 13.2. The fraction of sp³-hybridized carbons (Fsp3) is 0.200. The first kappa shape index (κ1) is 24.6. The van der Waals surface area contributed by atoms with Crippen LogP contribution in [0.25, 0.3) is 11.3 Å². The van der Waals surface area contributed by atoms with E-state index in [0.717, 1.165) is 36.4 Å². The van der Waals surface area contributed by atoms with Gasteiger partial charge < -0.3 is 15.2 Å². The summed E-state index contributed by atoms with van der Waals surface area (Å²) in [5.41, 5.74) is 5.91. The number of carbonyl (C=O) groups excluding carboxylic acids is 1. The monoisotopic (exact) mass is 520 g/mol. The Kier molecular flexibility index (Phi) is 6.64. The van der Waals surface area contributed by atoms with E-state index in [1.165, 1.54) is 30.5 Å². The van der Waals surface area contributed by atoms with Gasteiger partial charge in [-0.2, -0.15) is 0 Å². The van der Waals surface area contributed by atoms with E-state index < -0.39 is 4.92 Å². The molecule has 0 spiro atoms. The van der Waals surface area contributed by atoms with Gasteiger partial charge in [0.05, 0.1) is 22.5 Å². The first-order valence-electron chi connectivity index (χ1n) is 13.0. The summed E-state index contributed by atoms with van der Waals surface area (Å²) in [7, 11) is 0. The van der Waals surface area contributed by atoms with Gasteiger partial charge in [0.1, 0.15) is 0 Å². The van der Waals surface area contributed by atoms with Crippen molar-refractivity contribution in [2.45, 2.75) is 25.9 Å². The van der Waals surface area contributed by atoms with Crippen molar-refractivity contribution >= 4 is 34.2 Å². The van der Waals surface area contributed by atoms with Gasteiger partial charge in [0, 0.05) is 54.6 Å². The van der Waals surface area contributed by atoms with Crippen LogP contribution in [-0.2, 0) is 17.9 Å². The molecule has 2 N–H and O–H groups in total. The van der Waals surface area contributed by atoms with Crippen LogP contribution in [0.15, 0.2) is 85.5 Å². The molecular formula is C30H28N6O3. The molecule has 0 atom stereocenters. The number of nitrogens with one attached hydrogen (secondary N) is 2. The summed E-state index contributed by atoms with van der Waals surface area (Å²) in [5.74, 6) is -0.304. The minimum atomic E-state index is -0.447. The van der Waals surface area contributed by atoms with Crippen LogP contribution in [0.5, 0.6) is 0 Å². The van der Waals surface area contributed by atoms with E-state index in [0.29, 0.717) is 29.1 Å². The number of amides is 1. The average Bonchev–Trinajstić information content (AvgIpc) is 3.70. The zero-order valence-electron chi connectivity index (χ0n) is 21.3. The number of likely N-dealkylation sites (tertiary alicyclic amines) is 1. The van der Waals surface area contributed by atoms with Crippen molar-refractivity contribution in [3.8, 4) is 0 Å². The summed E-state index contributed by atoms with van der Waals surface area (Å²) in [6.45, 7) is 3.86. The molecule has 4 aromatic rings. The fourth-order valence-corrected chi connectivity index (χ4v) is 5.20. The average molecular weight is 521 g/mol. The zero-order valence-corrected chi connectivity index (χ0v) is 21.3. The predicted molar refractivity (Wildman–Crippen MR) is 151 cm³/mol. The van der Waals surface area contributed by atoms with E-state index in [1.54, 1.807) is 18.6 Å². The van der Waals surface area contributed by atoms with Crippen LogP contribution in [0.3, 0.4) is 0 Å². The minimum absolute atomic E-state index is 0.0657. The molecule has 6 rings (SSSR count). The van der Waals surface area contributed by atoms with Gasteiger partial charge in [0.25, 0.3) is 11.6 Å². The van der Waals surface area contributed by atoms with Crippen LogP contribution in [0.1, 0.15) is 35.1 Å². The van der Waals surface area contributed by atoms with Crippen molar-refractivity contribution in [1.29, 1.82) is 0 Å². The number of nitro benzene ring substituents is 1. The number of fused-ring (bicyclic) bond motifs is 1. The summed E-state index contributed by atoms with van der Waals surface area (Å²) in [6.07, 6.45) is 7.91. The molecule has 0 radical (unpaired) electrons. The van der Waals surface area contributed by atoms with Crippen molar-refractivity contribution in [2.24, 2.45) is 0 Å². The van der Waals surface area contributed by atoms with Gasteiger partial charge >= 0.3 is 0 Å². The third kappa shape index (κ3) is 5.30. The summed E-state index contributed by atoms with van der Waals surface area (Å²) >= 11 is 0. The summed E-state index contributed by atoms with van der Waals surface area (Å²) < 4.78 is 1.98. The zero-order chi connectivity index (χ0) is 26.8. The van der Waals surface area contributed by atoms with Crippen molar-refractivity contribution in [1.82, 2.24) is 14.5 Å². The number of carbonyl (C=O) groups is 1. The molecular weight excluding hydrogens is 492 g/mol. The van der Waals surface area contributed by atoms with Gasteiger partial charge in [-0.25, -0.2) is 4.98 Å². The highest BCUT2D eigenvalue weighted by Gasteiger charge is 2.30. The van der Waals surface area contributed by atoms with Crippen LogP contribution in [0, 0.1) is 10.1 Å². The molecule has 39 heavy (non-hydrogen) atoms. The van der Waals surface area contributed by atoms with Gasteiger partial charge in [0.15, 0.2) is 0 Å². The van der Waals surface area contributed by atoms with E-state index in [2.05, 4.69) is 32.7 Å². The van der Waals surface area contributed by atoms with Crippen LogP contribution in [0.4, 0.5) is 17.1 Å².